The normalized spacial score (nSPS) is 10.0. The van der Waals surface area contributed by atoms with E-state index in [0.717, 1.165) is 9.13 Å². The number of anilines is 1. The van der Waals surface area contributed by atoms with Gasteiger partial charge in [-0.15, -0.1) is 0 Å². The van der Waals surface area contributed by atoms with Gasteiger partial charge in [-0.1, -0.05) is 18.2 Å². The summed E-state index contributed by atoms with van der Waals surface area (Å²) < 4.78 is 6.09. The molecule has 0 saturated heterocycles. The largest absolute Gasteiger partial charge is 0.452 e. The van der Waals surface area contributed by atoms with Crippen molar-refractivity contribution in [3.63, 3.8) is 0 Å². The molecule has 0 aliphatic rings. The third-order valence-corrected chi connectivity index (χ3v) is 3.55. The van der Waals surface area contributed by atoms with Crippen LogP contribution in [0.15, 0.2) is 48.5 Å². The Morgan fingerprint density at radius 1 is 1.10 bits per heavy atom. The molecule has 0 saturated carbocycles. The van der Waals surface area contributed by atoms with Crippen LogP contribution in [0.25, 0.3) is 0 Å². The Bertz CT molecular complexity index is 653. The average Bonchev–Trinajstić information content (AvgIpc) is 2.48. The topological polar surface area (TPSA) is 55.4 Å². The molecule has 0 aromatic heterocycles. The number of carbonyl (C=O) groups excluding carboxylic acids is 2. The summed E-state index contributed by atoms with van der Waals surface area (Å²) in [7, 11) is 0. The number of halogens is 1. The number of nitrogens with one attached hydrogen (secondary N) is 1. The van der Waals surface area contributed by atoms with E-state index >= 15 is 0 Å². The summed E-state index contributed by atoms with van der Waals surface area (Å²) in [5.41, 5.74) is 1.97. The highest BCUT2D eigenvalue weighted by Gasteiger charge is 2.12. The predicted molar refractivity (Wildman–Crippen MR) is 89.3 cm³/mol. The summed E-state index contributed by atoms with van der Waals surface area (Å²) in [4.78, 5) is 23.6. The third kappa shape index (κ3) is 4.56. The van der Waals surface area contributed by atoms with Crippen molar-refractivity contribution in [1.82, 2.24) is 0 Å². The molecule has 0 atom stereocenters. The molecule has 2 aromatic carbocycles. The van der Waals surface area contributed by atoms with Gasteiger partial charge in [0.1, 0.15) is 0 Å². The summed E-state index contributed by atoms with van der Waals surface area (Å²) in [6.07, 6.45) is 0. The molecule has 1 N–H and O–H groups in total. The number of benzene rings is 2. The first-order valence-corrected chi connectivity index (χ1v) is 7.42. The number of hydrogen-bond acceptors (Lipinski definition) is 3. The number of ether oxygens (including phenoxy) is 1. The molecule has 0 spiro atoms. The Balaban J connectivity index is 1.88. The van der Waals surface area contributed by atoms with Crippen LogP contribution in [0.4, 0.5) is 5.69 Å². The first-order chi connectivity index (χ1) is 10.1. The summed E-state index contributed by atoms with van der Waals surface area (Å²) in [5.74, 6) is -0.857. The molecule has 108 valence electrons. The van der Waals surface area contributed by atoms with Gasteiger partial charge in [0, 0.05) is 9.26 Å². The Hall–Kier alpha value is -1.89. The van der Waals surface area contributed by atoms with Crippen molar-refractivity contribution < 1.29 is 14.3 Å². The van der Waals surface area contributed by atoms with E-state index in [4.69, 9.17) is 4.74 Å². The number of hydrogen-bond donors (Lipinski definition) is 1. The molecular formula is C16H14INO3. The van der Waals surface area contributed by atoms with Gasteiger partial charge in [-0.3, -0.25) is 4.79 Å². The maximum absolute atomic E-state index is 11.9. The second kappa shape index (κ2) is 7.21. The van der Waals surface area contributed by atoms with Crippen LogP contribution in [0, 0.1) is 10.5 Å². The van der Waals surface area contributed by atoms with E-state index in [0.29, 0.717) is 11.3 Å². The van der Waals surface area contributed by atoms with E-state index in [9.17, 15) is 9.59 Å². The minimum atomic E-state index is -0.495. The quantitative estimate of drug-likeness (QED) is 0.638. The van der Waals surface area contributed by atoms with E-state index in [1.807, 2.05) is 31.2 Å². The fraction of sp³-hybridized carbons (Fsp3) is 0.125. The van der Waals surface area contributed by atoms with Crippen LogP contribution in [0.5, 0.6) is 0 Å². The zero-order valence-corrected chi connectivity index (χ0v) is 13.6. The lowest BCUT2D eigenvalue weighted by Crippen LogP contribution is -2.21. The molecule has 5 heteroatoms. The maximum Gasteiger partial charge on any atom is 0.338 e. The van der Waals surface area contributed by atoms with Crippen molar-refractivity contribution in [2.45, 2.75) is 6.92 Å². The summed E-state index contributed by atoms with van der Waals surface area (Å²) in [6, 6.07) is 14.5. The van der Waals surface area contributed by atoms with Gasteiger partial charge < -0.3 is 10.1 Å². The minimum absolute atomic E-state index is 0.306. The molecule has 0 fully saturated rings. The van der Waals surface area contributed by atoms with Crippen molar-refractivity contribution >= 4 is 40.2 Å². The Morgan fingerprint density at radius 2 is 1.76 bits per heavy atom. The second-order valence-corrected chi connectivity index (χ2v) is 5.69. The van der Waals surface area contributed by atoms with Crippen molar-refractivity contribution in [2.24, 2.45) is 0 Å². The average molecular weight is 395 g/mol. The van der Waals surface area contributed by atoms with E-state index < -0.39 is 5.97 Å². The molecule has 4 nitrogen and oxygen atoms in total. The third-order valence-electron chi connectivity index (χ3n) is 2.83. The zero-order chi connectivity index (χ0) is 15.2. The number of carbonyl (C=O) groups is 2. The first kappa shape index (κ1) is 15.5. The molecule has 0 radical (unpaired) electrons. The highest BCUT2D eigenvalue weighted by molar-refractivity contribution is 14.1. The lowest BCUT2D eigenvalue weighted by atomic mass is 10.1. The number of esters is 1. The van der Waals surface area contributed by atoms with Gasteiger partial charge in [-0.05, 0) is 65.4 Å². The van der Waals surface area contributed by atoms with Crippen LogP contribution >= 0.6 is 22.6 Å². The summed E-state index contributed by atoms with van der Waals surface area (Å²) >= 11 is 2.18. The monoisotopic (exact) mass is 395 g/mol. The molecular weight excluding hydrogens is 381 g/mol. The molecule has 0 heterocycles. The predicted octanol–water partition coefficient (Wildman–Crippen LogP) is 3.40. The Labute approximate surface area is 136 Å². The number of amides is 1. The van der Waals surface area contributed by atoms with Gasteiger partial charge in [0.15, 0.2) is 6.61 Å². The van der Waals surface area contributed by atoms with Gasteiger partial charge in [-0.2, -0.15) is 0 Å². The molecule has 0 unspecified atom stereocenters. The van der Waals surface area contributed by atoms with E-state index in [2.05, 4.69) is 27.9 Å². The highest BCUT2D eigenvalue weighted by Crippen LogP contribution is 2.11. The molecule has 0 bridgehead atoms. The summed E-state index contributed by atoms with van der Waals surface area (Å²) in [5, 5.41) is 2.67. The van der Waals surface area contributed by atoms with Gasteiger partial charge in [0.05, 0.1) is 5.56 Å². The maximum atomic E-state index is 11.9. The van der Waals surface area contributed by atoms with E-state index in [1.54, 1.807) is 24.3 Å². The number of aryl methyl sites for hydroxylation is 1. The smallest absolute Gasteiger partial charge is 0.338 e. The Kier molecular flexibility index (Phi) is 5.32. The second-order valence-electron chi connectivity index (χ2n) is 4.45. The molecule has 0 aliphatic heterocycles. The van der Waals surface area contributed by atoms with Crippen molar-refractivity contribution in [2.75, 3.05) is 11.9 Å². The molecule has 0 aliphatic carbocycles. The Morgan fingerprint density at radius 3 is 2.43 bits per heavy atom. The van der Waals surface area contributed by atoms with Crippen molar-refractivity contribution in [3.8, 4) is 0 Å². The number of rotatable bonds is 4. The molecule has 2 rings (SSSR count). The van der Waals surface area contributed by atoms with Crippen LogP contribution in [0.1, 0.15) is 15.9 Å². The summed E-state index contributed by atoms with van der Waals surface area (Å²) in [6.45, 7) is 1.52. The fourth-order valence-electron chi connectivity index (χ4n) is 1.74. The van der Waals surface area contributed by atoms with E-state index in [1.165, 1.54) is 0 Å². The van der Waals surface area contributed by atoms with Crippen LogP contribution < -0.4 is 5.32 Å². The zero-order valence-electron chi connectivity index (χ0n) is 11.4. The van der Waals surface area contributed by atoms with Crippen molar-refractivity contribution in [1.29, 1.82) is 0 Å². The SMILES string of the molecule is Cc1ccccc1C(=O)OCC(=O)Nc1ccc(I)cc1. The standard InChI is InChI=1S/C16H14INO3/c1-11-4-2-3-5-14(11)16(20)21-10-15(19)18-13-8-6-12(17)7-9-13/h2-9H,10H2,1H3,(H,18,19). The van der Waals surface area contributed by atoms with Gasteiger partial charge in [0.25, 0.3) is 5.91 Å². The van der Waals surface area contributed by atoms with Gasteiger partial charge >= 0.3 is 5.97 Å². The molecule has 21 heavy (non-hydrogen) atoms. The van der Waals surface area contributed by atoms with Gasteiger partial charge in [-0.25, -0.2) is 4.79 Å². The first-order valence-electron chi connectivity index (χ1n) is 6.34. The minimum Gasteiger partial charge on any atom is -0.452 e. The van der Waals surface area contributed by atoms with Gasteiger partial charge in [0.2, 0.25) is 0 Å². The van der Waals surface area contributed by atoms with Crippen LogP contribution in [0.2, 0.25) is 0 Å². The highest BCUT2D eigenvalue weighted by atomic mass is 127. The van der Waals surface area contributed by atoms with Crippen LogP contribution in [-0.4, -0.2) is 18.5 Å². The lowest BCUT2D eigenvalue weighted by Gasteiger charge is -2.08. The van der Waals surface area contributed by atoms with Crippen LogP contribution in [-0.2, 0) is 9.53 Å². The van der Waals surface area contributed by atoms with Crippen LogP contribution in [0.3, 0.4) is 0 Å². The lowest BCUT2D eigenvalue weighted by molar-refractivity contribution is -0.119. The van der Waals surface area contributed by atoms with E-state index in [-0.39, 0.29) is 12.5 Å². The fourth-order valence-corrected chi connectivity index (χ4v) is 2.10. The molecule has 2 aromatic rings. The molecule has 1 amide bonds. The van der Waals surface area contributed by atoms with Crippen molar-refractivity contribution in [3.05, 3.63) is 63.2 Å².